The van der Waals surface area contributed by atoms with Gasteiger partial charge >= 0.3 is 0 Å². The lowest BCUT2D eigenvalue weighted by atomic mass is 9.91. The Hall–Kier alpha value is -0.900. The molecule has 1 aromatic rings. The Balaban J connectivity index is 2.85. The van der Waals surface area contributed by atoms with Gasteiger partial charge in [0.15, 0.2) is 0 Å². The summed E-state index contributed by atoms with van der Waals surface area (Å²) in [7, 11) is 1.75. The van der Waals surface area contributed by atoms with Crippen LogP contribution in [0.4, 0.5) is 0 Å². The maximum atomic E-state index is 6.04. The molecular formula is C16H28N2O. The van der Waals surface area contributed by atoms with Crippen molar-refractivity contribution in [3.05, 3.63) is 35.9 Å². The van der Waals surface area contributed by atoms with Gasteiger partial charge in [-0.05, 0) is 24.9 Å². The SMILES string of the molecule is CCN(C(C)COC)C(CN)C(C)c1ccccc1. The van der Waals surface area contributed by atoms with E-state index < -0.39 is 0 Å². The Kier molecular flexibility index (Phi) is 7.06. The van der Waals surface area contributed by atoms with E-state index in [1.54, 1.807) is 7.11 Å². The molecule has 2 N–H and O–H groups in total. The van der Waals surface area contributed by atoms with Crippen molar-refractivity contribution in [2.45, 2.75) is 38.8 Å². The molecule has 0 heterocycles. The first kappa shape index (κ1) is 16.2. The zero-order valence-corrected chi connectivity index (χ0v) is 12.7. The monoisotopic (exact) mass is 264 g/mol. The number of benzene rings is 1. The van der Waals surface area contributed by atoms with Crippen molar-refractivity contribution in [1.82, 2.24) is 4.90 Å². The van der Waals surface area contributed by atoms with Crippen LogP contribution in [0.5, 0.6) is 0 Å². The molecule has 0 aliphatic rings. The van der Waals surface area contributed by atoms with Gasteiger partial charge in [0.25, 0.3) is 0 Å². The van der Waals surface area contributed by atoms with Crippen LogP contribution in [0.25, 0.3) is 0 Å². The molecule has 0 amide bonds. The summed E-state index contributed by atoms with van der Waals surface area (Å²) < 4.78 is 5.28. The minimum absolute atomic E-state index is 0.345. The zero-order valence-electron chi connectivity index (χ0n) is 12.7. The second kappa shape index (κ2) is 8.31. The number of hydrogen-bond donors (Lipinski definition) is 1. The molecule has 0 radical (unpaired) electrons. The predicted octanol–water partition coefficient (Wildman–Crippen LogP) is 2.47. The van der Waals surface area contributed by atoms with Crippen LogP contribution in [0.3, 0.4) is 0 Å². The molecular weight excluding hydrogens is 236 g/mol. The van der Waals surface area contributed by atoms with E-state index in [0.29, 0.717) is 24.5 Å². The summed E-state index contributed by atoms with van der Waals surface area (Å²) >= 11 is 0. The molecule has 0 saturated heterocycles. The molecule has 0 saturated carbocycles. The second-order valence-corrected chi connectivity index (χ2v) is 5.14. The van der Waals surface area contributed by atoms with Crippen molar-refractivity contribution in [3.8, 4) is 0 Å². The van der Waals surface area contributed by atoms with Gasteiger partial charge in [-0.3, -0.25) is 4.90 Å². The fraction of sp³-hybridized carbons (Fsp3) is 0.625. The molecule has 0 bridgehead atoms. The third kappa shape index (κ3) is 4.30. The Morgan fingerprint density at radius 2 is 1.84 bits per heavy atom. The number of rotatable bonds is 8. The van der Waals surface area contributed by atoms with Gasteiger partial charge in [-0.2, -0.15) is 0 Å². The van der Waals surface area contributed by atoms with Crippen LogP contribution < -0.4 is 5.73 Å². The molecule has 19 heavy (non-hydrogen) atoms. The average molecular weight is 264 g/mol. The molecule has 1 rings (SSSR count). The van der Waals surface area contributed by atoms with Crippen LogP contribution in [0.2, 0.25) is 0 Å². The molecule has 108 valence electrons. The van der Waals surface area contributed by atoms with Crippen molar-refractivity contribution < 1.29 is 4.74 Å². The summed E-state index contributed by atoms with van der Waals surface area (Å²) in [6, 6.07) is 11.3. The maximum Gasteiger partial charge on any atom is 0.0615 e. The fourth-order valence-corrected chi connectivity index (χ4v) is 2.82. The van der Waals surface area contributed by atoms with Crippen LogP contribution in [-0.4, -0.2) is 43.8 Å². The quantitative estimate of drug-likeness (QED) is 0.784. The number of ether oxygens (including phenoxy) is 1. The number of methoxy groups -OCH3 is 1. The zero-order chi connectivity index (χ0) is 14.3. The number of hydrogen-bond acceptors (Lipinski definition) is 3. The summed E-state index contributed by atoms with van der Waals surface area (Å²) in [5.41, 5.74) is 7.39. The molecule has 0 aliphatic carbocycles. The van der Waals surface area contributed by atoms with Crippen LogP contribution in [0.15, 0.2) is 30.3 Å². The largest absolute Gasteiger partial charge is 0.383 e. The molecule has 0 aliphatic heterocycles. The molecule has 1 aromatic carbocycles. The van der Waals surface area contributed by atoms with E-state index in [1.165, 1.54) is 5.56 Å². The van der Waals surface area contributed by atoms with Gasteiger partial charge in [0, 0.05) is 25.7 Å². The van der Waals surface area contributed by atoms with Gasteiger partial charge in [-0.15, -0.1) is 0 Å². The molecule has 3 heteroatoms. The molecule has 0 fully saturated rings. The van der Waals surface area contributed by atoms with Gasteiger partial charge in [-0.1, -0.05) is 44.2 Å². The highest BCUT2D eigenvalue weighted by molar-refractivity contribution is 5.20. The predicted molar refractivity (Wildman–Crippen MR) is 81.4 cm³/mol. The van der Waals surface area contributed by atoms with Crippen LogP contribution in [0.1, 0.15) is 32.3 Å². The Labute approximate surface area is 117 Å². The smallest absolute Gasteiger partial charge is 0.0615 e. The van der Waals surface area contributed by atoms with Gasteiger partial charge < -0.3 is 10.5 Å². The number of likely N-dealkylation sites (N-methyl/N-ethyl adjacent to an activating group) is 1. The van der Waals surface area contributed by atoms with E-state index in [9.17, 15) is 0 Å². The van der Waals surface area contributed by atoms with E-state index in [2.05, 4.69) is 56.0 Å². The van der Waals surface area contributed by atoms with E-state index in [1.807, 2.05) is 0 Å². The molecule has 3 nitrogen and oxygen atoms in total. The van der Waals surface area contributed by atoms with Crippen molar-refractivity contribution in [2.75, 3.05) is 26.8 Å². The Bertz CT molecular complexity index is 342. The lowest BCUT2D eigenvalue weighted by molar-refractivity contribution is 0.0678. The van der Waals surface area contributed by atoms with Gasteiger partial charge in [0.1, 0.15) is 0 Å². The second-order valence-electron chi connectivity index (χ2n) is 5.14. The summed E-state index contributed by atoms with van der Waals surface area (Å²) in [6.07, 6.45) is 0. The van der Waals surface area contributed by atoms with Crippen LogP contribution >= 0.6 is 0 Å². The summed E-state index contributed by atoms with van der Waals surface area (Å²) in [5.74, 6) is 0.422. The lowest BCUT2D eigenvalue weighted by Gasteiger charge is -2.38. The minimum atomic E-state index is 0.345. The van der Waals surface area contributed by atoms with Gasteiger partial charge in [0.05, 0.1) is 6.61 Å². The first-order chi connectivity index (χ1) is 9.15. The summed E-state index contributed by atoms with van der Waals surface area (Å²) in [4.78, 5) is 2.45. The first-order valence-electron chi connectivity index (χ1n) is 7.15. The van der Waals surface area contributed by atoms with E-state index in [0.717, 1.165) is 13.2 Å². The van der Waals surface area contributed by atoms with Crippen molar-refractivity contribution >= 4 is 0 Å². The molecule has 0 spiro atoms. The highest BCUT2D eigenvalue weighted by atomic mass is 16.5. The topological polar surface area (TPSA) is 38.5 Å². The van der Waals surface area contributed by atoms with Gasteiger partial charge in [0.2, 0.25) is 0 Å². The van der Waals surface area contributed by atoms with Crippen molar-refractivity contribution in [2.24, 2.45) is 5.73 Å². The van der Waals surface area contributed by atoms with Crippen LogP contribution in [-0.2, 0) is 4.74 Å². The highest BCUT2D eigenvalue weighted by Crippen LogP contribution is 2.24. The normalized spacial score (nSPS) is 16.3. The minimum Gasteiger partial charge on any atom is -0.383 e. The standard InChI is InChI=1S/C16H28N2O/c1-5-18(13(2)12-19-4)16(11-17)14(3)15-9-7-6-8-10-15/h6-10,13-14,16H,5,11-12,17H2,1-4H3. The molecule has 0 aromatic heterocycles. The third-order valence-electron chi connectivity index (χ3n) is 3.91. The van der Waals surface area contributed by atoms with E-state index >= 15 is 0 Å². The first-order valence-corrected chi connectivity index (χ1v) is 7.15. The Morgan fingerprint density at radius 1 is 1.21 bits per heavy atom. The van der Waals surface area contributed by atoms with Crippen LogP contribution in [0, 0.1) is 0 Å². The van der Waals surface area contributed by atoms with Crippen molar-refractivity contribution in [1.29, 1.82) is 0 Å². The fourth-order valence-electron chi connectivity index (χ4n) is 2.82. The average Bonchev–Trinajstić information content (AvgIpc) is 2.45. The summed E-state index contributed by atoms with van der Waals surface area (Å²) in [6.45, 7) is 9.04. The number of nitrogens with zero attached hydrogens (tertiary/aromatic N) is 1. The summed E-state index contributed by atoms with van der Waals surface area (Å²) in [5, 5.41) is 0. The highest BCUT2D eigenvalue weighted by Gasteiger charge is 2.26. The molecule has 3 atom stereocenters. The lowest BCUT2D eigenvalue weighted by Crippen LogP contribution is -2.49. The van der Waals surface area contributed by atoms with E-state index in [4.69, 9.17) is 10.5 Å². The molecule has 3 unspecified atom stereocenters. The maximum absolute atomic E-state index is 6.04. The third-order valence-corrected chi connectivity index (χ3v) is 3.91. The van der Waals surface area contributed by atoms with Gasteiger partial charge in [-0.25, -0.2) is 0 Å². The Morgan fingerprint density at radius 3 is 2.32 bits per heavy atom. The van der Waals surface area contributed by atoms with Crippen molar-refractivity contribution in [3.63, 3.8) is 0 Å². The van der Waals surface area contributed by atoms with E-state index in [-0.39, 0.29) is 0 Å². The number of nitrogens with two attached hydrogens (primary N) is 1.